The Morgan fingerprint density at radius 2 is 1.91 bits per heavy atom. The molecule has 1 N–H and O–H groups in total. The second kappa shape index (κ2) is 5.06. The van der Waals surface area contributed by atoms with Crippen LogP contribution in [0.5, 0.6) is 0 Å². The van der Waals surface area contributed by atoms with Crippen LogP contribution < -0.4 is 5.56 Å². The normalized spacial score (nSPS) is 10.9. The van der Waals surface area contributed by atoms with Crippen molar-refractivity contribution in [1.29, 1.82) is 0 Å². The number of H-pyrrole nitrogens is 1. The Morgan fingerprint density at radius 1 is 1.18 bits per heavy atom. The molecule has 0 saturated heterocycles. The number of nitrogens with one attached hydrogen (secondary N) is 1. The van der Waals surface area contributed by atoms with Crippen molar-refractivity contribution >= 4 is 11.6 Å². The molecule has 0 spiro atoms. The highest BCUT2D eigenvalue weighted by Gasteiger charge is 2.24. The number of fused-ring (bicyclic) bond motifs is 1. The Morgan fingerprint density at radius 3 is 2.59 bits per heavy atom. The highest BCUT2D eigenvalue weighted by atomic mass is 16.2. The number of hydrogen-bond acceptors (Lipinski definition) is 5. The monoisotopic (exact) mass is 298 g/mol. The predicted octanol–water partition coefficient (Wildman–Crippen LogP) is 0.490. The Hall–Kier alpha value is -3.03. The fourth-order valence-corrected chi connectivity index (χ4v) is 2.22. The van der Waals surface area contributed by atoms with Gasteiger partial charge in [0.25, 0.3) is 11.5 Å². The van der Waals surface area contributed by atoms with Gasteiger partial charge in [0.2, 0.25) is 0 Å². The van der Waals surface area contributed by atoms with Crippen molar-refractivity contribution in [3.8, 4) is 11.4 Å². The highest BCUT2D eigenvalue weighted by Crippen LogP contribution is 2.25. The number of hydrogen-bond donors (Lipinski definition) is 1. The molecule has 3 aromatic heterocycles. The van der Waals surface area contributed by atoms with Crippen LogP contribution in [0, 0.1) is 6.92 Å². The summed E-state index contributed by atoms with van der Waals surface area (Å²) >= 11 is 0. The van der Waals surface area contributed by atoms with Crippen molar-refractivity contribution in [2.45, 2.75) is 6.92 Å². The molecular formula is C14H14N6O2. The Balaban J connectivity index is 2.42. The molecule has 0 aromatic carbocycles. The summed E-state index contributed by atoms with van der Waals surface area (Å²) in [5.74, 6) is -0.267. The van der Waals surface area contributed by atoms with Crippen molar-refractivity contribution in [3.05, 3.63) is 46.3 Å². The molecule has 0 aliphatic carbocycles. The van der Waals surface area contributed by atoms with Gasteiger partial charge in [-0.25, -0.2) is 9.50 Å². The quantitative estimate of drug-likeness (QED) is 0.742. The van der Waals surface area contributed by atoms with E-state index in [9.17, 15) is 9.59 Å². The number of nitrogens with zero attached hydrogens (tertiary/aromatic N) is 5. The van der Waals surface area contributed by atoms with E-state index in [4.69, 9.17) is 0 Å². The minimum atomic E-state index is -0.300. The van der Waals surface area contributed by atoms with Crippen molar-refractivity contribution in [3.63, 3.8) is 0 Å². The Labute approximate surface area is 125 Å². The van der Waals surface area contributed by atoms with Gasteiger partial charge in [0.15, 0.2) is 5.65 Å². The fraction of sp³-hybridized carbons (Fsp3) is 0.214. The topological polar surface area (TPSA) is 96.2 Å². The fourth-order valence-electron chi connectivity index (χ4n) is 2.22. The second-order valence-electron chi connectivity index (χ2n) is 4.99. The molecule has 112 valence electrons. The van der Waals surface area contributed by atoms with E-state index in [1.165, 1.54) is 27.9 Å². The van der Waals surface area contributed by atoms with Crippen LogP contribution in [-0.4, -0.2) is 49.5 Å². The van der Waals surface area contributed by atoms with Crippen LogP contribution in [0.15, 0.2) is 29.5 Å². The zero-order chi connectivity index (χ0) is 15.9. The zero-order valence-corrected chi connectivity index (χ0v) is 12.4. The van der Waals surface area contributed by atoms with Gasteiger partial charge in [-0.2, -0.15) is 0 Å². The van der Waals surface area contributed by atoms with Gasteiger partial charge >= 0.3 is 0 Å². The number of aryl methyl sites for hydroxylation is 1. The van der Waals surface area contributed by atoms with Crippen molar-refractivity contribution in [2.75, 3.05) is 14.1 Å². The zero-order valence-electron chi connectivity index (χ0n) is 12.4. The maximum Gasteiger partial charge on any atom is 0.272 e. The van der Waals surface area contributed by atoms with E-state index in [1.54, 1.807) is 27.2 Å². The average Bonchev–Trinajstić information content (AvgIpc) is 2.87. The van der Waals surface area contributed by atoms with Gasteiger partial charge < -0.3 is 4.90 Å². The van der Waals surface area contributed by atoms with E-state index >= 15 is 0 Å². The summed E-state index contributed by atoms with van der Waals surface area (Å²) in [5.41, 5.74) is 1.86. The molecule has 1 amide bonds. The lowest BCUT2D eigenvalue weighted by molar-refractivity contribution is 0.0830. The first-order valence-corrected chi connectivity index (χ1v) is 6.60. The molecule has 22 heavy (non-hydrogen) atoms. The number of aromatic nitrogens is 5. The van der Waals surface area contributed by atoms with Crippen LogP contribution in [0.2, 0.25) is 0 Å². The standard InChI is InChI=1S/C14H14N6O2/c1-8-11(16-7-6-15-8)12-10(14(22)19(2)3)13-17-5-4-9(21)20(13)18-12/h4-7,18H,1-3H3. The number of carbonyl (C=O) groups excluding carboxylic acids is 1. The summed E-state index contributed by atoms with van der Waals surface area (Å²) < 4.78 is 1.24. The van der Waals surface area contributed by atoms with Crippen LogP contribution in [0.25, 0.3) is 17.0 Å². The summed E-state index contributed by atoms with van der Waals surface area (Å²) in [4.78, 5) is 38.6. The molecule has 0 unspecified atom stereocenters. The maximum atomic E-state index is 12.5. The third kappa shape index (κ3) is 2.05. The van der Waals surface area contributed by atoms with Crippen LogP contribution in [0.4, 0.5) is 0 Å². The smallest absolute Gasteiger partial charge is 0.272 e. The van der Waals surface area contributed by atoms with Crippen molar-refractivity contribution in [1.82, 2.24) is 29.5 Å². The molecule has 0 fully saturated rings. The summed E-state index contributed by atoms with van der Waals surface area (Å²) in [6, 6.07) is 1.32. The van der Waals surface area contributed by atoms with Gasteiger partial charge in [-0.05, 0) is 6.92 Å². The van der Waals surface area contributed by atoms with Gasteiger partial charge in [0.1, 0.15) is 11.3 Å². The van der Waals surface area contributed by atoms with Gasteiger partial charge in [-0.3, -0.25) is 24.7 Å². The number of rotatable bonds is 2. The van der Waals surface area contributed by atoms with Gasteiger partial charge in [-0.15, -0.1) is 0 Å². The highest BCUT2D eigenvalue weighted by molar-refractivity contribution is 6.05. The lowest BCUT2D eigenvalue weighted by Gasteiger charge is -2.10. The minimum absolute atomic E-state index is 0.267. The lowest BCUT2D eigenvalue weighted by atomic mass is 10.1. The molecule has 0 aliphatic rings. The van der Waals surface area contributed by atoms with Crippen LogP contribution >= 0.6 is 0 Å². The molecule has 0 aliphatic heterocycles. The Kier molecular flexibility index (Phi) is 3.21. The van der Waals surface area contributed by atoms with Crippen LogP contribution in [0.1, 0.15) is 16.1 Å². The van der Waals surface area contributed by atoms with E-state index in [1.807, 2.05) is 0 Å². The molecule has 0 atom stereocenters. The van der Waals surface area contributed by atoms with Crippen LogP contribution in [0.3, 0.4) is 0 Å². The number of aromatic amines is 1. The van der Waals surface area contributed by atoms with E-state index in [-0.39, 0.29) is 17.1 Å². The third-order valence-electron chi connectivity index (χ3n) is 3.28. The molecule has 3 rings (SSSR count). The summed E-state index contributed by atoms with van der Waals surface area (Å²) in [6.45, 7) is 1.79. The van der Waals surface area contributed by atoms with Crippen molar-refractivity contribution < 1.29 is 4.79 Å². The number of carbonyl (C=O) groups is 1. The molecule has 0 radical (unpaired) electrons. The molecule has 3 heterocycles. The largest absolute Gasteiger partial charge is 0.345 e. The lowest BCUT2D eigenvalue weighted by Crippen LogP contribution is -2.23. The molecule has 0 bridgehead atoms. The molecular weight excluding hydrogens is 284 g/mol. The maximum absolute atomic E-state index is 12.5. The summed E-state index contributed by atoms with van der Waals surface area (Å²) in [6.07, 6.45) is 4.48. The second-order valence-corrected chi connectivity index (χ2v) is 4.99. The molecule has 0 saturated carbocycles. The van der Waals surface area contributed by atoms with Crippen LogP contribution in [-0.2, 0) is 0 Å². The minimum Gasteiger partial charge on any atom is -0.345 e. The SMILES string of the molecule is Cc1nccnc1-c1[nH]n2c(=O)ccnc2c1C(=O)N(C)C. The first-order valence-electron chi connectivity index (χ1n) is 6.60. The molecule has 8 nitrogen and oxygen atoms in total. The summed E-state index contributed by atoms with van der Waals surface area (Å²) in [5, 5.41) is 2.92. The van der Waals surface area contributed by atoms with Crippen molar-refractivity contribution in [2.24, 2.45) is 0 Å². The van der Waals surface area contributed by atoms with Gasteiger partial charge in [-0.1, -0.05) is 0 Å². The van der Waals surface area contributed by atoms with E-state index in [0.717, 1.165) is 0 Å². The average molecular weight is 298 g/mol. The Bertz CT molecular complexity index is 924. The first-order chi connectivity index (χ1) is 10.5. The van der Waals surface area contributed by atoms with E-state index in [2.05, 4.69) is 20.1 Å². The summed E-state index contributed by atoms with van der Waals surface area (Å²) in [7, 11) is 3.28. The first kappa shape index (κ1) is 13.9. The van der Waals surface area contributed by atoms with E-state index in [0.29, 0.717) is 22.6 Å². The third-order valence-corrected chi connectivity index (χ3v) is 3.28. The van der Waals surface area contributed by atoms with E-state index < -0.39 is 0 Å². The van der Waals surface area contributed by atoms with Gasteiger partial charge in [0, 0.05) is 38.8 Å². The molecule has 8 heteroatoms. The number of amides is 1. The molecule has 3 aromatic rings. The predicted molar refractivity (Wildman–Crippen MR) is 79.6 cm³/mol. The van der Waals surface area contributed by atoms with Gasteiger partial charge in [0.05, 0.1) is 11.4 Å².